The van der Waals surface area contributed by atoms with Gasteiger partial charge in [-0.15, -0.1) is 0 Å². The van der Waals surface area contributed by atoms with Crippen LogP contribution in [0.15, 0.2) is 22.7 Å². The maximum absolute atomic E-state index is 12.2. The monoisotopic (exact) mass is 240 g/mol. The summed E-state index contributed by atoms with van der Waals surface area (Å²) >= 11 is 8.50. The third kappa shape index (κ3) is 1.91. The highest BCUT2D eigenvalue weighted by Crippen LogP contribution is 2.32. The van der Waals surface area contributed by atoms with Crippen LogP contribution in [0.1, 0.15) is 12.0 Å². The van der Waals surface area contributed by atoms with Crippen molar-refractivity contribution in [3.05, 3.63) is 33.3 Å². The summed E-state index contributed by atoms with van der Waals surface area (Å²) in [5, 5.41) is 0.0920. The molecule has 0 saturated heterocycles. The fourth-order valence-corrected chi connectivity index (χ4v) is 1.63. The summed E-state index contributed by atoms with van der Waals surface area (Å²) in [7, 11) is 0. The smallest absolute Gasteiger partial charge is 0.205 e. The molecule has 0 atom stereocenters. The molecular formula is C7H4BrClF2. The first-order valence-electron chi connectivity index (χ1n) is 2.85. The Morgan fingerprint density at radius 1 is 1.36 bits per heavy atom. The van der Waals surface area contributed by atoms with E-state index in [0.29, 0.717) is 4.47 Å². The molecule has 0 bridgehead atoms. The van der Waals surface area contributed by atoms with Crippen LogP contribution < -0.4 is 0 Å². The molecule has 0 spiro atoms. The van der Waals surface area contributed by atoms with Crippen LogP contribution in [0.4, 0.5) is 8.78 Å². The first-order chi connectivity index (χ1) is 5.13. The average Bonchev–Trinajstić information content (AvgIpc) is 1.85. The summed E-state index contributed by atoms with van der Waals surface area (Å²) in [5.74, 6) is 0. The van der Waals surface area contributed by atoms with Crippen molar-refractivity contribution >= 4 is 27.5 Å². The molecule has 0 nitrogen and oxygen atoms in total. The van der Waals surface area contributed by atoms with Gasteiger partial charge in [-0.1, -0.05) is 33.6 Å². The summed E-state index contributed by atoms with van der Waals surface area (Å²) < 4.78 is 24.7. The van der Waals surface area contributed by atoms with Crippen LogP contribution in [0, 0.1) is 0 Å². The number of rotatable bonds is 1. The fraction of sp³-hybridized carbons (Fsp3) is 0.143. The van der Waals surface area contributed by atoms with Crippen LogP contribution in [0.5, 0.6) is 0 Å². The maximum Gasteiger partial charge on any atom is 0.266 e. The largest absolute Gasteiger partial charge is 0.266 e. The van der Waals surface area contributed by atoms with Gasteiger partial charge in [0.1, 0.15) is 0 Å². The first-order valence-corrected chi connectivity index (χ1v) is 4.02. The Morgan fingerprint density at radius 2 is 2.00 bits per heavy atom. The van der Waals surface area contributed by atoms with E-state index in [4.69, 9.17) is 11.6 Å². The molecule has 0 aromatic heterocycles. The minimum atomic E-state index is -2.53. The number of halogens is 4. The molecule has 0 heterocycles. The van der Waals surface area contributed by atoms with Crippen LogP contribution in [-0.4, -0.2) is 0 Å². The number of hydrogen-bond acceptors (Lipinski definition) is 0. The third-order valence-corrected chi connectivity index (χ3v) is 2.24. The van der Waals surface area contributed by atoms with Crippen molar-refractivity contribution in [2.45, 2.75) is 6.43 Å². The lowest BCUT2D eigenvalue weighted by atomic mass is 10.2. The zero-order chi connectivity index (χ0) is 8.43. The van der Waals surface area contributed by atoms with Gasteiger partial charge in [-0.2, -0.15) is 0 Å². The van der Waals surface area contributed by atoms with E-state index >= 15 is 0 Å². The van der Waals surface area contributed by atoms with Crippen molar-refractivity contribution in [1.29, 1.82) is 0 Å². The van der Waals surface area contributed by atoms with Crippen LogP contribution in [0.2, 0.25) is 5.02 Å². The molecule has 0 aliphatic heterocycles. The van der Waals surface area contributed by atoms with Gasteiger partial charge in [0, 0.05) is 4.47 Å². The summed E-state index contributed by atoms with van der Waals surface area (Å²) in [4.78, 5) is 0. The highest BCUT2D eigenvalue weighted by atomic mass is 79.9. The normalized spacial score (nSPS) is 10.6. The van der Waals surface area contributed by atoms with Crippen molar-refractivity contribution in [3.63, 3.8) is 0 Å². The van der Waals surface area contributed by atoms with E-state index in [-0.39, 0.29) is 10.6 Å². The Labute approximate surface area is 76.3 Å². The number of hydrogen-bond donors (Lipinski definition) is 0. The van der Waals surface area contributed by atoms with E-state index in [0.717, 1.165) is 0 Å². The van der Waals surface area contributed by atoms with Crippen molar-refractivity contribution < 1.29 is 8.78 Å². The van der Waals surface area contributed by atoms with Gasteiger partial charge in [0.15, 0.2) is 0 Å². The zero-order valence-electron chi connectivity index (χ0n) is 5.32. The second-order valence-corrected chi connectivity index (χ2v) is 3.20. The number of alkyl halides is 2. The van der Waals surface area contributed by atoms with Crippen LogP contribution in [0.25, 0.3) is 0 Å². The summed E-state index contributed by atoms with van der Waals surface area (Å²) in [5.41, 5.74) is -0.144. The van der Waals surface area contributed by atoms with E-state index in [2.05, 4.69) is 15.9 Å². The minimum absolute atomic E-state index is 0.0920. The third-order valence-electron chi connectivity index (χ3n) is 1.22. The van der Waals surface area contributed by atoms with E-state index in [1.807, 2.05) is 0 Å². The fourth-order valence-electron chi connectivity index (χ4n) is 0.719. The van der Waals surface area contributed by atoms with Crippen molar-refractivity contribution in [2.75, 3.05) is 0 Å². The molecule has 0 fully saturated rings. The standard InChI is InChI=1S/C7H4BrClF2/c8-4-2-1-3-5(9)6(4)7(10)11/h1-3,7H. The molecule has 0 saturated carbocycles. The van der Waals surface area contributed by atoms with Crippen molar-refractivity contribution in [1.82, 2.24) is 0 Å². The molecule has 0 radical (unpaired) electrons. The highest BCUT2D eigenvalue weighted by molar-refractivity contribution is 9.10. The predicted octanol–water partition coefficient (Wildman–Crippen LogP) is 4.04. The van der Waals surface area contributed by atoms with Crippen LogP contribution in [0.3, 0.4) is 0 Å². The first kappa shape index (κ1) is 8.94. The van der Waals surface area contributed by atoms with Gasteiger partial charge >= 0.3 is 0 Å². The van der Waals surface area contributed by atoms with Crippen molar-refractivity contribution in [2.24, 2.45) is 0 Å². The lowest BCUT2D eigenvalue weighted by Crippen LogP contribution is -1.86. The number of benzene rings is 1. The molecule has 1 rings (SSSR count). The molecule has 0 aliphatic rings. The zero-order valence-corrected chi connectivity index (χ0v) is 7.66. The van der Waals surface area contributed by atoms with Gasteiger partial charge in [0.25, 0.3) is 6.43 Å². The molecule has 4 heteroatoms. The van der Waals surface area contributed by atoms with E-state index in [1.165, 1.54) is 12.1 Å². The molecule has 0 unspecified atom stereocenters. The lowest BCUT2D eigenvalue weighted by molar-refractivity contribution is 0.150. The molecule has 1 aromatic rings. The Kier molecular flexibility index (Phi) is 2.84. The SMILES string of the molecule is FC(F)c1c(Cl)cccc1Br. The van der Waals surface area contributed by atoms with Gasteiger partial charge in [0.2, 0.25) is 0 Å². The Morgan fingerprint density at radius 3 is 2.36 bits per heavy atom. The predicted molar refractivity (Wildman–Crippen MR) is 44.1 cm³/mol. The van der Waals surface area contributed by atoms with Gasteiger partial charge in [-0.3, -0.25) is 0 Å². The summed E-state index contributed by atoms with van der Waals surface area (Å²) in [6, 6.07) is 4.58. The second-order valence-electron chi connectivity index (χ2n) is 1.94. The Bertz CT molecular complexity index is 242. The van der Waals surface area contributed by atoms with Gasteiger partial charge in [-0.25, -0.2) is 8.78 Å². The Balaban J connectivity index is 3.21. The quantitative estimate of drug-likeness (QED) is 0.696. The maximum atomic E-state index is 12.2. The molecule has 0 amide bonds. The van der Waals surface area contributed by atoms with Crippen LogP contribution in [-0.2, 0) is 0 Å². The molecular weight excluding hydrogens is 237 g/mol. The minimum Gasteiger partial charge on any atom is -0.205 e. The molecule has 1 aromatic carbocycles. The van der Waals surface area contributed by atoms with Crippen molar-refractivity contribution in [3.8, 4) is 0 Å². The van der Waals surface area contributed by atoms with E-state index in [9.17, 15) is 8.78 Å². The highest BCUT2D eigenvalue weighted by Gasteiger charge is 2.14. The van der Waals surface area contributed by atoms with Gasteiger partial charge in [0.05, 0.1) is 10.6 Å². The van der Waals surface area contributed by atoms with E-state index in [1.54, 1.807) is 6.07 Å². The molecule has 11 heavy (non-hydrogen) atoms. The van der Waals surface area contributed by atoms with Crippen LogP contribution >= 0.6 is 27.5 Å². The summed E-state index contributed by atoms with van der Waals surface area (Å²) in [6.07, 6.45) is -2.53. The van der Waals surface area contributed by atoms with E-state index < -0.39 is 6.43 Å². The Hall–Kier alpha value is -0.150. The van der Waals surface area contributed by atoms with Gasteiger partial charge < -0.3 is 0 Å². The topological polar surface area (TPSA) is 0 Å². The molecule has 0 N–H and O–H groups in total. The lowest BCUT2D eigenvalue weighted by Gasteiger charge is -2.03. The molecule has 60 valence electrons. The summed E-state index contributed by atoms with van der Waals surface area (Å²) in [6.45, 7) is 0. The molecule has 0 aliphatic carbocycles. The second kappa shape index (κ2) is 3.50. The average molecular weight is 241 g/mol. The van der Waals surface area contributed by atoms with Gasteiger partial charge in [-0.05, 0) is 12.1 Å².